The van der Waals surface area contributed by atoms with E-state index >= 15 is 0 Å². The molecule has 1 aliphatic heterocycles. The summed E-state index contributed by atoms with van der Waals surface area (Å²) in [5.74, 6) is 0.462. The number of nitrogens with one attached hydrogen (secondary N) is 2. The van der Waals surface area contributed by atoms with Crippen LogP contribution in [0.5, 0.6) is 0 Å². The van der Waals surface area contributed by atoms with Crippen LogP contribution in [-0.4, -0.2) is 36.2 Å². The molecule has 0 radical (unpaired) electrons. The predicted octanol–water partition coefficient (Wildman–Crippen LogP) is 1.29. The van der Waals surface area contributed by atoms with Crippen molar-refractivity contribution in [3.8, 4) is 0 Å². The van der Waals surface area contributed by atoms with Crippen molar-refractivity contribution in [2.75, 3.05) is 13.2 Å². The van der Waals surface area contributed by atoms with Crippen LogP contribution in [0.1, 0.15) is 47.0 Å². The van der Waals surface area contributed by atoms with Gasteiger partial charge in [0.1, 0.15) is 0 Å². The van der Waals surface area contributed by atoms with Crippen LogP contribution in [0.25, 0.3) is 0 Å². The monoisotopic (exact) mass is 256 g/mol. The lowest BCUT2D eigenvalue weighted by Gasteiger charge is -2.35. The summed E-state index contributed by atoms with van der Waals surface area (Å²) < 4.78 is 0. The van der Waals surface area contributed by atoms with E-state index in [-0.39, 0.29) is 30.0 Å². The van der Waals surface area contributed by atoms with Crippen molar-refractivity contribution in [1.82, 2.24) is 10.6 Å². The smallest absolute Gasteiger partial charge is 0.237 e. The molecule has 3 unspecified atom stereocenters. The van der Waals surface area contributed by atoms with Gasteiger partial charge in [-0.05, 0) is 37.1 Å². The van der Waals surface area contributed by atoms with Crippen LogP contribution < -0.4 is 10.6 Å². The Morgan fingerprint density at radius 1 is 1.50 bits per heavy atom. The predicted molar refractivity (Wildman–Crippen MR) is 73.3 cm³/mol. The second-order valence-electron chi connectivity index (χ2n) is 6.49. The average molecular weight is 256 g/mol. The van der Waals surface area contributed by atoms with Crippen LogP contribution in [0, 0.1) is 11.3 Å². The van der Waals surface area contributed by atoms with Crippen molar-refractivity contribution in [2.24, 2.45) is 11.3 Å². The maximum atomic E-state index is 12.3. The summed E-state index contributed by atoms with van der Waals surface area (Å²) in [6.07, 6.45) is 2.85. The fourth-order valence-corrected chi connectivity index (χ4v) is 2.51. The van der Waals surface area contributed by atoms with Gasteiger partial charge in [-0.15, -0.1) is 0 Å². The Balaban J connectivity index is 2.60. The highest BCUT2D eigenvalue weighted by atomic mass is 16.3. The lowest BCUT2D eigenvalue weighted by molar-refractivity contribution is -0.126. The number of piperidine rings is 1. The number of hydrogen-bond acceptors (Lipinski definition) is 3. The van der Waals surface area contributed by atoms with E-state index < -0.39 is 0 Å². The number of aliphatic hydroxyl groups excluding tert-OH is 1. The van der Waals surface area contributed by atoms with Gasteiger partial charge < -0.3 is 15.7 Å². The average Bonchev–Trinajstić information content (AvgIpc) is 2.27. The van der Waals surface area contributed by atoms with Crippen LogP contribution in [-0.2, 0) is 4.79 Å². The van der Waals surface area contributed by atoms with Gasteiger partial charge in [0.25, 0.3) is 0 Å². The topological polar surface area (TPSA) is 61.4 Å². The third kappa shape index (κ3) is 4.25. The number of rotatable bonds is 4. The molecule has 1 heterocycles. The summed E-state index contributed by atoms with van der Waals surface area (Å²) in [5, 5.41) is 15.5. The number of hydrogen-bond donors (Lipinski definition) is 3. The van der Waals surface area contributed by atoms with E-state index in [1.54, 1.807) is 0 Å². The molecule has 0 aromatic carbocycles. The second-order valence-corrected chi connectivity index (χ2v) is 6.49. The third-order valence-electron chi connectivity index (χ3n) is 3.83. The van der Waals surface area contributed by atoms with Crippen molar-refractivity contribution in [3.05, 3.63) is 0 Å². The van der Waals surface area contributed by atoms with Crippen LogP contribution in [0.3, 0.4) is 0 Å². The highest BCUT2D eigenvalue weighted by molar-refractivity contribution is 5.82. The van der Waals surface area contributed by atoms with E-state index in [2.05, 4.69) is 38.3 Å². The lowest BCUT2D eigenvalue weighted by Crippen LogP contribution is -2.55. The van der Waals surface area contributed by atoms with Gasteiger partial charge >= 0.3 is 0 Å². The number of amides is 1. The van der Waals surface area contributed by atoms with Gasteiger partial charge in [0, 0.05) is 12.6 Å². The molecule has 1 rings (SSSR count). The molecule has 0 bridgehead atoms. The first-order valence-corrected chi connectivity index (χ1v) is 7.01. The number of carbonyl (C=O) groups is 1. The van der Waals surface area contributed by atoms with Gasteiger partial charge in [-0.3, -0.25) is 4.79 Å². The first kappa shape index (κ1) is 15.4. The van der Waals surface area contributed by atoms with Crippen molar-refractivity contribution in [3.63, 3.8) is 0 Å². The van der Waals surface area contributed by atoms with E-state index in [9.17, 15) is 4.79 Å². The maximum absolute atomic E-state index is 12.3. The molecule has 0 spiro atoms. The van der Waals surface area contributed by atoms with E-state index in [0.29, 0.717) is 12.3 Å². The first-order chi connectivity index (χ1) is 8.36. The van der Waals surface area contributed by atoms with Crippen molar-refractivity contribution in [1.29, 1.82) is 0 Å². The molecule has 0 aromatic heterocycles. The zero-order valence-electron chi connectivity index (χ0n) is 12.1. The Morgan fingerprint density at radius 2 is 2.17 bits per heavy atom. The van der Waals surface area contributed by atoms with Crippen molar-refractivity contribution < 1.29 is 9.90 Å². The summed E-state index contributed by atoms with van der Waals surface area (Å²) in [6.45, 7) is 9.41. The first-order valence-electron chi connectivity index (χ1n) is 7.01. The van der Waals surface area contributed by atoms with Gasteiger partial charge in [-0.2, -0.15) is 0 Å². The zero-order valence-corrected chi connectivity index (χ0v) is 12.1. The SMILES string of the molecule is CC1CCCNC1C(=O)NC(CCO)C(C)(C)C. The fourth-order valence-electron chi connectivity index (χ4n) is 2.51. The molecule has 1 saturated heterocycles. The molecular formula is C14H28N2O2. The molecule has 106 valence electrons. The minimum atomic E-state index is -0.0812. The molecular weight excluding hydrogens is 228 g/mol. The molecule has 4 heteroatoms. The minimum Gasteiger partial charge on any atom is -0.396 e. The Hall–Kier alpha value is -0.610. The van der Waals surface area contributed by atoms with Crippen LogP contribution in [0.4, 0.5) is 0 Å². The Labute approximate surface area is 111 Å². The maximum Gasteiger partial charge on any atom is 0.237 e. The lowest BCUT2D eigenvalue weighted by atomic mass is 9.84. The zero-order chi connectivity index (χ0) is 13.8. The summed E-state index contributed by atoms with van der Waals surface area (Å²) in [5.41, 5.74) is -0.0315. The number of carbonyl (C=O) groups excluding carboxylic acids is 1. The van der Waals surface area contributed by atoms with Crippen molar-refractivity contribution in [2.45, 2.75) is 59.0 Å². The molecule has 0 saturated carbocycles. The fraction of sp³-hybridized carbons (Fsp3) is 0.929. The molecule has 3 atom stereocenters. The molecule has 1 fully saturated rings. The van der Waals surface area contributed by atoms with E-state index in [0.717, 1.165) is 19.4 Å². The van der Waals surface area contributed by atoms with Crippen LogP contribution >= 0.6 is 0 Å². The van der Waals surface area contributed by atoms with Crippen LogP contribution in [0.15, 0.2) is 0 Å². The van der Waals surface area contributed by atoms with Crippen molar-refractivity contribution >= 4 is 5.91 Å². The molecule has 3 N–H and O–H groups in total. The van der Waals surface area contributed by atoms with Gasteiger partial charge in [0.2, 0.25) is 5.91 Å². The summed E-state index contributed by atoms with van der Waals surface area (Å²) >= 11 is 0. The van der Waals surface area contributed by atoms with Gasteiger partial charge in [-0.1, -0.05) is 27.7 Å². The quantitative estimate of drug-likeness (QED) is 0.710. The molecule has 4 nitrogen and oxygen atoms in total. The summed E-state index contributed by atoms with van der Waals surface area (Å²) in [6, 6.07) is -0.0618. The van der Waals surface area contributed by atoms with Gasteiger partial charge in [-0.25, -0.2) is 0 Å². The normalized spacial score (nSPS) is 26.7. The third-order valence-corrected chi connectivity index (χ3v) is 3.83. The highest BCUT2D eigenvalue weighted by Gasteiger charge is 2.32. The van der Waals surface area contributed by atoms with E-state index in [1.165, 1.54) is 0 Å². The molecule has 18 heavy (non-hydrogen) atoms. The minimum absolute atomic E-state index is 0.0194. The summed E-state index contributed by atoms with van der Waals surface area (Å²) in [7, 11) is 0. The summed E-state index contributed by atoms with van der Waals surface area (Å²) in [4.78, 5) is 12.3. The van der Waals surface area contributed by atoms with Gasteiger partial charge in [0.05, 0.1) is 6.04 Å². The van der Waals surface area contributed by atoms with E-state index in [1.807, 2.05) is 0 Å². The Kier molecular flexibility index (Phi) is 5.60. The molecule has 0 aromatic rings. The second kappa shape index (κ2) is 6.53. The highest BCUT2D eigenvalue weighted by Crippen LogP contribution is 2.23. The Bertz CT molecular complexity index is 273. The van der Waals surface area contributed by atoms with Gasteiger partial charge in [0.15, 0.2) is 0 Å². The number of aliphatic hydroxyl groups is 1. The molecule has 1 aliphatic rings. The van der Waals surface area contributed by atoms with E-state index in [4.69, 9.17) is 5.11 Å². The standard InChI is InChI=1S/C14H28N2O2/c1-10-6-5-8-15-12(10)13(18)16-11(7-9-17)14(2,3)4/h10-12,15,17H,5-9H2,1-4H3,(H,16,18). The molecule has 1 amide bonds. The van der Waals surface area contributed by atoms with Crippen LogP contribution in [0.2, 0.25) is 0 Å². The molecule has 0 aliphatic carbocycles. The largest absolute Gasteiger partial charge is 0.396 e. The Morgan fingerprint density at radius 3 is 2.67 bits per heavy atom.